The van der Waals surface area contributed by atoms with Crippen molar-refractivity contribution in [2.24, 2.45) is 5.41 Å². The van der Waals surface area contributed by atoms with Crippen LogP contribution in [0.1, 0.15) is 57.8 Å². The zero-order valence-electron chi connectivity index (χ0n) is 10.9. The summed E-state index contributed by atoms with van der Waals surface area (Å²) >= 11 is 0. The molecule has 1 heterocycles. The standard InChI is InChI=1S/C14H23F2NO/c15-13(16)6-8-14(9-7-13)17-10-12(11-18-14)4-2-1-3-5-12/h17H,1-11H2. The maximum absolute atomic E-state index is 13.2. The lowest BCUT2D eigenvalue weighted by atomic mass is 9.72. The molecule has 1 aliphatic heterocycles. The molecule has 4 heteroatoms. The normalized spacial score (nSPS) is 33.7. The van der Waals surface area contributed by atoms with Gasteiger partial charge in [0.2, 0.25) is 5.92 Å². The van der Waals surface area contributed by atoms with Crippen LogP contribution in [0, 0.1) is 5.41 Å². The minimum Gasteiger partial charge on any atom is -0.360 e. The molecule has 3 fully saturated rings. The smallest absolute Gasteiger partial charge is 0.248 e. The third-order valence-corrected chi connectivity index (χ3v) is 5.14. The second-order valence-electron chi connectivity index (χ2n) is 6.55. The monoisotopic (exact) mass is 259 g/mol. The maximum atomic E-state index is 13.2. The average molecular weight is 259 g/mol. The molecule has 1 saturated heterocycles. The third kappa shape index (κ3) is 2.42. The van der Waals surface area contributed by atoms with Crippen molar-refractivity contribution in [3.8, 4) is 0 Å². The van der Waals surface area contributed by atoms with Gasteiger partial charge < -0.3 is 4.74 Å². The Hall–Kier alpha value is -0.220. The lowest BCUT2D eigenvalue weighted by Gasteiger charge is -2.51. The summed E-state index contributed by atoms with van der Waals surface area (Å²) in [5.74, 6) is -2.48. The first-order valence-electron chi connectivity index (χ1n) is 7.30. The van der Waals surface area contributed by atoms with Crippen molar-refractivity contribution in [3.63, 3.8) is 0 Å². The second kappa shape index (κ2) is 4.41. The van der Waals surface area contributed by atoms with Gasteiger partial charge in [0.15, 0.2) is 0 Å². The van der Waals surface area contributed by atoms with Gasteiger partial charge >= 0.3 is 0 Å². The molecule has 2 saturated carbocycles. The number of halogens is 2. The van der Waals surface area contributed by atoms with E-state index in [-0.39, 0.29) is 12.8 Å². The van der Waals surface area contributed by atoms with Crippen molar-refractivity contribution >= 4 is 0 Å². The summed E-state index contributed by atoms with van der Waals surface area (Å²) in [6.45, 7) is 1.73. The van der Waals surface area contributed by atoms with E-state index < -0.39 is 11.6 Å². The minimum absolute atomic E-state index is 0.0347. The Labute approximate surface area is 107 Å². The van der Waals surface area contributed by atoms with Crippen LogP contribution in [0.4, 0.5) is 8.78 Å². The number of hydrogen-bond donors (Lipinski definition) is 1. The van der Waals surface area contributed by atoms with E-state index >= 15 is 0 Å². The van der Waals surface area contributed by atoms with Crippen LogP contribution in [0.2, 0.25) is 0 Å². The van der Waals surface area contributed by atoms with Crippen molar-refractivity contribution in [3.05, 3.63) is 0 Å². The van der Waals surface area contributed by atoms with Crippen LogP contribution in [0.3, 0.4) is 0 Å². The summed E-state index contributed by atoms with van der Waals surface area (Å²) < 4.78 is 32.5. The van der Waals surface area contributed by atoms with E-state index in [1.807, 2.05) is 0 Å². The molecule has 2 spiro atoms. The van der Waals surface area contributed by atoms with Gasteiger partial charge in [0.05, 0.1) is 6.61 Å². The minimum atomic E-state index is -2.48. The molecular formula is C14H23F2NO. The molecule has 0 aromatic heterocycles. The Morgan fingerprint density at radius 3 is 2.06 bits per heavy atom. The van der Waals surface area contributed by atoms with Gasteiger partial charge in [0.1, 0.15) is 5.72 Å². The van der Waals surface area contributed by atoms with Crippen molar-refractivity contribution < 1.29 is 13.5 Å². The molecule has 3 rings (SSSR count). The Kier molecular flexibility index (Phi) is 3.14. The summed E-state index contributed by atoms with van der Waals surface area (Å²) in [5.41, 5.74) is -0.145. The molecule has 18 heavy (non-hydrogen) atoms. The Morgan fingerprint density at radius 2 is 1.50 bits per heavy atom. The predicted molar refractivity (Wildman–Crippen MR) is 65.6 cm³/mol. The van der Waals surface area contributed by atoms with E-state index in [2.05, 4.69) is 5.32 Å². The Morgan fingerprint density at radius 1 is 0.833 bits per heavy atom. The van der Waals surface area contributed by atoms with Gasteiger partial charge in [-0.1, -0.05) is 19.3 Å². The van der Waals surface area contributed by atoms with E-state index in [4.69, 9.17) is 4.74 Å². The van der Waals surface area contributed by atoms with Gasteiger partial charge in [-0.2, -0.15) is 0 Å². The molecule has 0 aromatic rings. The van der Waals surface area contributed by atoms with Crippen LogP contribution in [-0.2, 0) is 4.74 Å². The largest absolute Gasteiger partial charge is 0.360 e. The van der Waals surface area contributed by atoms with Crippen LogP contribution in [0.5, 0.6) is 0 Å². The van der Waals surface area contributed by atoms with Crippen LogP contribution < -0.4 is 5.32 Å². The number of ether oxygens (including phenoxy) is 1. The van der Waals surface area contributed by atoms with Crippen LogP contribution in [-0.4, -0.2) is 24.8 Å². The third-order valence-electron chi connectivity index (χ3n) is 5.14. The Bertz CT molecular complexity index is 291. The second-order valence-corrected chi connectivity index (χ2v) is 6.55. The summed E-state index contributed by atoms with van der Waals surface area (Å²) in [4.78, 5) is 0. The van der Waals surface area contributed by atoms with E-state index in [0.717, 1.165) is 13.2 Å². The first-order chi connectivity index (χ1) is 8.54. The molecule has 1 N–H and O–H groups in total. The van der Waals surface area contributed by atoms with E-state index in [9.17, 15) is 8.78 Å². The van der Waals surface area contributed by atoms with Crippen molar-refractivity contribution in [2.45, 2.75) is 69.4 Å². The van der Waals surface area contributed by atoms with Crippen molar-refractivity contribution in [2.75, 3.05) is 13.2 Å². The van der Waals surface area contributed by atoms with Crippen LogP contribution in [0.15, 0.2) is 0 Å². The van der Waals surface area contributed by atoms with Gasteiger partial charge in [0, 0.05) is 24.8 Å². The number of rotatable bonds is 0. The highest BCUT2D eigenvalue weighted by Crippen LogP contribution is 2.45. The highest BCUT2D eigenvalue weighted by atomic mass is 19.3. The molecule has 3 aliphatic rings. The Balaban J connectivity index is 1.59. The van der Waals surface area contributed by atoms with E-state index in [0.29, 0.717) is 18.3 Å². The zero-order chi connectivity index (χ0) is 12.7. The molecule has 0 atom stereocenters. The lowest BCUT2D eigenvalue weighted by molar-refractivity contribution is -0.195. The molecule has 104 valence electrons. The van der Waals surface area contributed by atoms with Gasteiger partial charge in [0.25, 0.3) is 0 Å². The fourth-order valence-corrected chi connectivity index (χ4v) is 3.71. The molecule has 2 aliphatic carbocycles. The van der Waals surface area contributed by atoms with Gasteiger partial charge in [-0.15, -0.1) is 0 Å². The maximum Gasteiger partial charge on any atom is 0.248 e. The predicted octanol–water partition coefficient (Wildman–Crippen LogP) is 3.46. The average Bonchev–Trinajstić information content (AvgIpc) is 2.38. The van der Waals surface area contributed by atoms with Gasteiger partial charge in [-0.05, 0) is 25.7 Å². The first-order valence-corrected chi connectivity index (χ1v) is 7.30. The van der Waals surface area contributed by atoms with Gasteiger partial charge in [-0.25, -0.2) is 8.78 Å². The highest BCUT2D eigenvalue weighted by molar-refractivity contribution is 4.96. The number of hydrogen-bond acceptors (Lipinski definition) is 2. The summed E-state index contributed by atoms with van der Waals surface area (Å²) in [6.07, 6.45) is 7.20. The molecular weight excluding hydrogens is 236 g/mol. The van der Waals surface area contributed by atoms with Gasteiger partial charge in [-0.3, -0.25) is 5.32 Å². The number of alkyl halides is 2. The fourth-order valence-electron chi connectivity index (χ4n) is 3.71. The summed E-state index contributed by atoms with van der Waals surface area (Å²) in [7, 11) is 0. The fraction of sp³-hybridized carbons (Fsp3) is 1.00. The number of nitrogens with one attached hydrogen (secondary N) is 1. The molecule has 0 bridgehead atoms. The van der Waals surface area contributed by atoms with Crippen LogP contribution >= 0.6 is 0 Å². The highest BCUT2D eigenvalue weighted by Gasteiger charge is 2.49. The topological polar surface area (TPSA) is 21.3 Å². The summed E-state index contributed by atoms with van der Waals surface area (Å²) in [5, 5.41) is 3.48. The van der Waals surface area contributed by atoms with Crippen molar-refractivity contribution in [1.82, 2.24) is 5.32 Å². The molecule has 0 amide bonds. The van der Waals surface area contributed by atoms with E-state index in [1.54, 1.807) is 0 Å². The zero-order valence-corrected chi connectivity index (χ0v) is 10.9. The lowest BCUT2D eigenvalue weighted by Crippen LogP contribution is -2.61. The van der Waals surface area contributed by atoms with E-state index in [1.165, 1.54) is 32.1 Å². The first kappa shape index (κ1) is 12.8. The molecule has 0 unspecified atom stereocenters. The molecule has 0 aromatic carbocycles. The van der Waals surface area contributed by atoms with Crippen molar-refractivity contribution in [1.29, 1.82) is 0 Å². The summed E-state index contributed by atoms with van der Waals surface area (Å²) in [6, 6.07) is 0. The SMILES string of the molecule is FC1(F)CCC2(CC1)NCC1(CCCCC1)CO2. The quantitative estimate of drug-likeness (QED) is 0.719. The molecule has 0 radical (unpaired) electrons. The molecule has 2 nitrogen and oxygen atoms in total. The van der Waals surface area contributed by atoms with Crippen LogP contribution in [0.25, 0.3) is 0 Å².